The van der Waals surface area contributed by atoms with E-state index in [-0.39, 0.29) is 40.8 Å². The first-order valence-corrected chi connectivity index (χ1v) is 13.2. The molecule has 1 fully saturated rings. The van der Waals surface area contributed by atoms with E-state index in [1.807, 2.05) is 26.8 Å². The summed E-state index contributed by atoms with van der Waals surface area (Å²) in [5, 5.41) is 14.9. The molecule has 2 aromatic rings. The number of nitrogens with one attached hydrogen (secondary N) is 3. The number of carbonyl (C=O) groups is 1. The Balaban J connectivity index is 1.64. The average molecular weight is 530 g/mol. The number of carbonyl (C=O) groups excluding carboxylic acids is 1. The average Bonchev–Trinajstić information content (AvgIpc) is 2.83. The zero-order chi connectivity index (χ0) is 27.2. The van der Waals surface area contributed by atoms with Gasteiger partial charge in [0.15, 0.2) is 0 Å². The number of thiocarbonyl (C=S) groups is 1. The number of methoxy groups -OCH3 is 1. The van der Waals surface area contributed by atoms with Gasteiger partial charge in [-0.2, -0.15) is 0 Å². The molecular formula is C29H37F2N3O2S. The van der Waals surface area contributed by atoms with Gasteiger partial charge >= 0.3 is 0 Å². The molecular weight excluding hydrogens is 492 g/mol. The van der Waals surface area contributed by atoms with Crippen LogP contribution in [-0.4, -0.2) is 35.9 Å². The topological polar surface area (TPSA) is 74.2 Å². The number of benzene rings is 2. The molecule has 0 spiro atoms. The molecule has 2 aromatic carbocycles. The number of rotatable bonds is 11. The first kappa shape index (κ1) is 28.9. The molecule has 200 valence electrons. The lowest BCUT2D eigenvalue weighted by Crippen LogP contribution is -2.58. The number of ketones is 1. The minimum Gasteiger partial charge on any atom is -0.385 e. The van der Waals surface area contributed by atoms with Gasteiger partial charge in [0.2, 0.25) is 0 Å². The molecule has 1 heterocycles. The van der Waals surface area contributed by atoms with Crippen LogP contribution in [0.4, 0.5) is 8.78 Å². The first-order valence-electron chi connectivity index (χ1n) is 12.8. The second-order valence-electron chi connectivity index (χ2n) is 10.4. The summed E-state index contributed by atoms with van der Waals surface area (Å²) in [6.45, 7) is 6.57. The molecule has 0 bridgehead atoms. The number of hydrogen-bond donors (Lipinski definition) is 3. The van der Waals surface area contributed by atoms with Crippen LogP contribution in [0.25, 0.3) is 0 Å². The van der Waals surface area contributed by atoms with Gasteiger partial charge < -0.3 is 15.4 Å². The summed E-state index contributed by atoms with van der Waals surface area (Å²) in [7, 11) is 1.61. The molecule has 0 aliphatic carbocycles. The third-order valence-corrected chi connectivity index (χ3v) is 7.69. The molecule has 1 saturated heterocycles. The fraction of sp³-hybridized carbons (Fsp3) is 0.483. The number of hydrogen-bond acceptors (Lipinski definition) is 4. The van der Waals surface area contributed by atoms with Crippen molar-refractivity contribution in [3.63, 3.8) is 0 Å². The summed E-state index contributed by atoms with van der Waals surface area (Å²) >= 11 is 5.61. The molecule has 0 saturated carbocycles. The van der Waals surface area contributed by atoms with E-state index in [0.29, 0.717) is 49.3 Å². The predicted molar refractivity (Wildman–Crippen MR) is 147 cm³/mol. The highest BCUT2D eigenvalue weighted by Gasteiger charge is 2.41. The van der Waals surface area contributed by atoms with Crippen LogP contribution in [-0.2, 0) is 16.0 Å². The highest BCUT2D eigenvalue weighted by Crippen LogP contribution is 2.30. The van der Waals surface area contributed by atoms with Crippen LogP contribution in [0.2, 0.25) is 0 Å². The van der Waals surface area contributed by atoms with Crippen LogP contribution in [0.15, 0.2) is 42.5 Å². The normalized spacial score (nSPS) is 20.6. The third-order valence-electron chi connectivity index (χ3n) is 7.34. The quantitative estimate of drug-likeness (QED) is 0.316. The Kier molecular flexibility index (Phi) is 9.90. The van der Waals surface area contributed by atoms with Crippen molar-refractivity contribution in [2.75, 3.05) is 13.7 Å². The maximum atomic E-state index is 14.5. The predicted octanol–water partition coefficient (Wildman–Crippen LogP) is 5.90. The van der Waals surface area contributed by atoms with Crippen LogP contribution in [0.1, 0.15) is 69.2 Å². The van der Waals surface area contributed by atoms with E-state index < -0.39 is 5.92 Å². The molecule has 1 aliphatic rings. The van der Waals surface area contributed by atoms with Crippen LogP contribution in [0.5, 0.6) is 0 Å². The summed E-state index contributed by atoms with van der Waals surface area (Å²) in [5.41, 5.74) is 1.81. The summed E-state index contributed by atoms with van der Waals surface area (Å²) in [6.07, 6.45) is 2.76. The van der Waals surface area contributed by atoms with Crippen LogP contribution >= 0.6 is 12.2 Å². The standard InChI is InChI=1S/C29H37F2N3O2S/c1-18(2)29(3)17-26(35)24(27(32)34-29)7-5-6-19-14-21(16-23(31)15-19)28(37)33-25(12-13-36-4)20-8-10-22(30)11-9-20/h8-11,14-16,18,24-25H,5-7,12-13,17H2,1-4H3,(H2,32,34)(H,33,37)/t24?,25-,29-/m0/s1. The van der Waals surface area contributed by atoms with Crippen molar-refractivity contribution >= 4 is 28.8 Å². The van der Waals surface area contributed by atoms with Crippen LogP contribution < -0.4 is 10.6 Å². The monoisotopic (exact) mass is 529 g/mol. The largest absolute Gasteiger partial charge is 0.385 e. The Morgan fingerprint density at radius 3 is 2.54 bits per heavy atom. The van der Waals surface area contributed by atoms with Crippen molar-refractivity contribution in [3.05, 3.63) is 70.8 Å². The number of halogens is 2. The fourth-order valence-corrected chi connectivity index (χ4v) is 4.93. The second kappa shape index (κ2) is 12.7. The van der Waals surface area contributed by atoms with Gasteiger partial charge in [-0.3, -0.25) is 10.2 Å². The fourth-order valence-electron chi connectivity index (χ4n) is 4.67. The molecule has 0 radical (unpaired) electrons. The SMILES string of the molecule is COCC[C@H](NC(=S)c1cc(F)cc(CCCC2C(=N)N[C@](C)(C(C)C)CC2=O)c1)c1ccc(F)cc1. The van der Waals surface area contributed by atoms with E-state index in [0.717, 1.165) is 11.1 Å². The van der Waals surface area contributed by atoms with Gasteiger partial charge in [-0.25, -0.2) is 8.78 Å². The first-order chi connectivity index (χ1) is 17.5. The molecule has 5 nitrogen and oxygen atoms in total. The molecule has 3 N–H and O–H groups in total. The molecule has 0 aromatic heterocycles. The molecule has 3 atom stereocenters. The maximum Gasteiger partial charge on any atom is 0.145 e. The van der Waals surface area contributed by atoms with E-state index in [1.54, 1.807) is 19.2 Å². The third kappa shape index (κ3) is 7.65. The lowest BCUT2D eigenvalue weighted by Gasteiger charge is -2.41. The molecule has 8 heteroatoms. The Morgan fingerprint density at radius 1 is 1.22 bits per heavy atom. The summed E-state index contributed by atoms with van der Waals surface area (Å²) < 4.78 is 33.1. The molecule has 3 rings (SSSR count). The molecule has 1 aliphatic heterocycles. The zero-order valence-corrected chi connectivity index (χ0v) is 22.8. The smallest absolute Gasteiger partial charge is 0.145 e. The summed E-state index contributed by atoms with van der Waals surface area (Å²) in [6, 6.07) is 10.7. The highest BCUT2D eigenvalue weighted by atomic mass is 32.1. The van der Waals surface area contributed by atoms with E-state index in [9.17, 15) is 13.6 Å². The van der Waals surface area contributed by atoms with Gasteiger partial charge in [0.1, 0.15) is 28.2 Å². The lowest BCUT2D eigenvalue weighted by molar-refractivity contribution is -0.124. The Labute approximate surface area is 223 Å². The second-order valence-corrected chi connectivity index (χ2v) is 10.8. The van der Waals surface area contributed by atoms with Gasteiger partial charge in [-0.1, -0.05) is 38.2 Å². The van der Waals surface area contributed by atoms with Crippen molar-refractivity contribution in [1.29, 1.82) is 5.41 Å². The van der Waals surface area contributed by atoms with Gasteiger partial charge in [0.25, 0.3) is 0 Å². The number of amidine groups is 1. The van der Waals surface area contributed by atoms with Gasteiger partial charge in [-0.05, 0) is 80.0 Å². The molecule has 0 amide bonds. The Bertz CT molecular complexity index is 1100. The van der Waals surface area contributed by atoms with Gasteiger partial charge in [0, 0.05) is 31.2 Å². The van der Waals surface area contributed by atoms with Crippen molar-refractivity contribution in [2.45, 2.75) is 64.5 Å². The minimum atomic E-state index is -0.445. The number of ether oxygens (including phenoxy) is 1. The number of piperidine rings is 1. The van der Waals surface area contributed by atoms with Crippen molar-refractivity contribution in [3.8, 4) is 0 Å². The highest BCUT2D eigenvalue weighted by molar-refractivity contribution is 7.80. The van der Waals surface area contributed by atoms with Crippen molar-refractivity contribution < 1.29 is 18.3 Å². The van der Waals surface area contributed by atoms with Crippen molar-refractivity contribution in [2.24, 2.45) is 11.8 Å². The maximum absolute atomic E-state index is 14.5. The Hall–Kier alpha value is -2.71. The van der Waals surface area contributed by atoms with Crippen LogP contribution in [0, 0.1) is 28.9 Å². The molecule has 1 unspecified atom stereocenters. The lowest BCUT2D eigenvalue weighted by atomic mass is 9.76. The number of aryl methyl sites for hydroxylation is 1. The van der Waals surface area contributed by atoms with Gasteiger partial charge in [-0.15, -0.1) is 0 Å². The summed E-state index contributed by atoms with van der Waals surface area (Å²) in [5.74, 6) is -0.546. The van der Waals surface area contributed by atoms with Crippen molar-refractivity contribution in [1.82, 2.24) is 10.6 Å². The van der Waals surface area contributed by atoms with E-state index in [1.165, 1.54) is 24.3 Å². The van der Waals surface area contributed by atoms with E-state index >= 15 is 0 Å². The summed E-state index contributed by atoms with van der Waals surface area (Å²) in [4.78, 5) is 13.2. The Morgan fingerprint density at radius 2 is 1.92 bits per heavy atom. The zero-order valence-electron chi connectivity index (χ0n) is 22.0. The minimum absolute atomic E-state index is 0.0909. The van der Waals surface area contributed by atoms with Gasteiger partial charge in [0.05, 0.1) is 12.0 Å². The van der Waals surface area contributed by atoms with Crippen LogP contribution in [0.3, 0.4) is 0 Å². The van der Waals surface area contributed by atoms with E-state index in [4.69, 9.17) is 22.4 Å². The van der Waals surface area contributed by atoms with E-state index in [2.05, 4.69) is 10.6 Å². The number of Topliss-reactive ketones (excluding diaryl/α,β-unsaturated/α-hetero) is 1. The molecule has 37 heavy (non-hydrogen) atoms.